The summed E-state index contributed by atoms with van der Waals surface area (Å²) in [7, 11) is 1.57. The third-order valence-electron chi connectivity index (χ3n) is 6.44. The molecule has 3 aromatic rings. The Hall–Kier alpha value is -3.26. The molecule has 1 aliphatic carbocycles. The number of pyridine rings is 1. The van der Waals surface area contributed by atoms with Crippen LogP contribution in [0.1, 0.15) is 25.0 Å². The molecule has 1 fully saturated rings. The number of alkyl halides is 1. The molecule has 1 saturated carbocycles. The van der Waals surface area contributed by atoms with Crippen LogP contribution in [0.25, 0.3) is 27.7 Å². The zero-order valence-electron chi connectivity index (χ0n) is 18.4. The van der Waals surface area contributed by atoms with Crippen molar-refractivity contribution < 1.29 is 18.3 Å². The van der Waals surface area contributed by atoms with Gasteiger partial charge in [0.2, 0.25) is 5.91 Å². The average Bonchev–Trinajstić information content (AvgIpc) is 3.23. The molecular weight excluding hydrogens is 426 g/mol. The lowest BCUT2D eigenvalue weighted by molar-refractivity contribution is -0.123. The fourth-order valence-corrected chi connectivity index (χ4v) is 4.57. The fraction of sp³-hybridized carbons (Fsp3) is 0.360. The maximum Gasteiger partial charge on any atom is 0.234 e. The molecule has 6 nitrogen and oxygen atoms in total. The first kappa shape index (κ1) is 21.6. The first-order valence-corrected chi connectivity index (χ1v) is 11.2. The number of halogens is 2. The van der Waals surface area contributed by atoms with Crippen LogP contribution in [0.2, 0.25) is 0 Å². The van der Waals surface area contributed by atoms with Crippen molar-refractivity contribution in [2.75, 3.05) is 26.7 Å². The Morgan fingerprint density at radius 3 is 2.85 bits per heavy atom. The summed E-state index contributed by atoms with van der Waals surface area (Å²) in [6.07, 6.45) is 4.68. The molecule has 1 aliphatic heterocycles. The molecule has 2 aromatic heterocycles. The molecule has 1 aromatic carbocycles. The first-order chi connectivity index (χ1) is 16.0. The minimum Gasteiger partial charge on any atom is -0.496 e. The standard InChI is InChI=1S/C25H26F2N4O2/c1-33-23-3-2-16(26)12-20(23)19-4-7-28-25-21(19)13-22(30-25)15-5-8-31(9-6-15)14-24(32)29-18-10-17(27)11-18/h2-5,7,12-13,17-18H,6,8-11,14H2,1H3,(H,28,30)(H,29,32). The number of carbonyl (C=O) groups excluding carboxylic acids is 1. The highest BCUT2D eigenvalue weighted by atomic mass is 19.1. The van der Waals surface area contributed by atoms with Crippen LogP contribution in [-0.4, -0.2) is 59.7 Å². The van der Waals surface area contributed by atoms with Crippen molar-refractivity contribution in [2.45, 2.75) is 31.5 Å². The number of rotatable bonds is 6. The Morgan fingerprint density at radius 1 is 1.27 bits per heavy atom. The Balaban J connectivity index is 1.33. The summed E-state index contributed by atoms with van der Waals surface area (Å²) >= 11 is 0. The van der Waals surface area contributed by atoms with E-state index >= 15 is 0 Å². The number of carbonyl (C=O) groups is 1. The van der Waals surface area contributed by atoms with E-state index in [2.05, 4.69) is 26.3 Å². The minimum absolute atomic E-state index is 0.0202. The molecular formula is C25H26F2N4O2. The summed E-state index contributed by atoms with van der Waals surface area (Å²) in [5, 5.41) is 3.79. The van der Waals surface area contributed by atoms with Crippen LogP contribution in [0.15, 0.2) is 42.6 Å². The predicted octanol–water partition coefficient (Wildman–Crippen LogP) is 4.08. The normalized spacial score (nSPS) is 20.9. The molecule has 3 heterocycles. The highest BCUT2D eigenvalue weighted by Gasteiger charge is 2.30. The maximum absolute atomic E-state index is 14.0. The summed E-state index contributed by atoms with van der Waals surface area (Å²) in [4.78, 5) is 22.1. The number of hydrogen-bond acceptors (Lipinski definition) is 4. The zero-order valence-corrected chi connectivity index (χ0v) is 18.4. The first-order valence-electron chi connectivity index (χ1n) is 11.2. The van der Waals surface area contributed by atoms with Crippen molar-refractivity contribution in [3.05, 3.63) is 54.1 Å². The summed E-state index contributed by atoms with van der Waals surface area (Å²) in [5.41, 5.74) is 4.37. The van der Waals surface area contributed by atoms with Crippen LogP contribution in [0, 0.1) is 5.82 Å². The number of benzene rings is 1. The monoisotopic (exact) mass is 452 g/mol. The molecule has 0 radical (unpaired) electrons. The van der Waals surface area contributed by atoms with Crippen LogP contribution in [0.4, 0.5) is 8.78 Å². The lowest BCUT2D eigenvalue weighted by Gasteiger charge is -2.32. The van der Waals surface area contributed by atoms with E-state index in [1.54, 1.807) is 19.4 Å². The quantitative estimate of drug-likeness (QED) is 0.591. The molecule has 0 unspecified atom stereocenters. The predicted molar refractivity (Wildman–Crippen MR) is 123 cm³/mol. The molecule has 8 heteroatoms. The molecule has 0 saturated heterocycles. The van der Waals surface area contributed by atoms with E-state index in [0.717, 1.165) is 40.8 Å². The van der Waals surface area contributed by atoms with Crippen molar-refractivity contribution in [3.63, 3.8) is 0 Å². The summed E-state index contributed by atoms with van der Waals surface area (Å²) in [6.45, 7) is 1.73. The number of amides is 1. The molecule has 5 rings (SSSR count). The number of nitrogens with one attached hydrogen (secondary N) is 2. The smallest absolute Gasteiger partial charge is 0.234 e. The Bertz CT molecular complexity index is 1220. The van der Waals surface area contributed by atoms with Crippen molar-refractivity contribution in [1.29, 1.82) is 0 Å². The number of fused-ring (bicyclic) bond motifs is 1. The average molecular weight is 453 g/mol. The van der Waals surface area contributed by atoms with Gasteiger partial charge in [0.25, 0.3) is 0 Å². The number of H-pyrrole nitrogens is 1. The highest BCUT2D eigenvalue weighted by Crippen LogP contribution is 2.36. The van der Waals surface area contributed by atoms with Crippen LogP contribution < -0.4 is 10.1 Å². The molecule has 2 N–H and O–H groups in total. The molecule has 172 valence electrons. The van der Waals surface area contributed by atoms with Gasteiger partial charge in [-0.1, -0.05) is 6.08 Å². The molecule has 0 atom stereocenters. The van der Waals surface area contributed by atoms with Crippen molar-refractivity contribution >= 4 is 22.5 Å². The largest absolute Gasteiger partial charge is 0.496 e. The second-order valence-corrected chi connectivity index (χ2v) is 8.70. The van der Waals surface area contributed by atoms with Crippen LogP contribution in [-0.2, 0) is 4.79 Å². The van der Waals surface area contributed by atoms with E-state index in [1.165, 1.54) is 12.1 Å². The van der Waals surface area contributed by atoms with E-state index < -0.39 is 6.17 Å². The van der Waals surface area contributed by atoms with Crippen LogP contribution in [0.3, 0.4) is 0 Å². The third kappa shape index (κ3) is 4.48. The van der Waals surface area contributed by atoms with Crippen molar-refractivity contribution in [2.24, 2.45) is 0 Å². The van der Waals surface area contributed by atoms with Gasteiger partial charge in [0.1, 0.15) is 23.4 Å². The van der Waals surface area contributed by atoms with E-state index in [9.17, 15) is 13.6 Å². The Kier molecular flexibility index (Phi) is 5.85. The highest BCUT2D eigenvalue weighted by molar-refractivity contribution is 5.96. The molecule has 0 bridgehead atoms. The summed E-state index contributed by atoms with van der Waals surface area (Å²) in [5.74, 6) is 0.223. The number of hydrogen-bond donors (Lipinski definition) is 2. The van der Waals surface area contributed by atoms with Gasteiger partial charge in [0.15, 0.2) is 0 Å². The third-order valence-corrected chi connectivity index (χ3v) is 6.44. The number of aromatic nitrogens is 2. The maximum atomic E-state index is 14.0. The second-order valence-electron chi connectivity index (χ2n) is 8.70. The van der Waals surface area contributed by atoms with Crippen molar-refractivity contribution in [3.8, 4) is 16.9 Å². The van der Waals surface area contributed by atoms with E-state index in [-0.39, 0.29) is 17.8 Å². The molecule has 2 aliphatic rings. The number of aromatic amines is 1. The summed E-state index contributed by atoms with van der Waals surface area (Å²) < 4.78 is 32.3. The van der Waals surface area contributed by atoms with Gasteiger partial charge in [0.05, 0.1) is 13.7 Å². The lowest BCUT2D eigenvalue weighted by atomic mass is 9.91. The van der Waals surface area contributed by atoms with Crippen LogP contribution in [0.5, 0.6) is 5.75 Å². The number of nitrogens with zero attached hydrogens (tertiary/aromatic N) is 2. The zero-order chi connectivity index (χ0) is 22.9. The Morgan fingerprint density at radius 2 is 2.12 bits per heavy atom. The van der Waals surface area contributed by atoms with Gasteiger partial charge in [-0.2, -0.15) is 0 Å². The van der Waals surface area contributed by atoms with Gasteiger partial charge in [-0.25, -0.2) is 13.8 Å². The topological polar surface area (TPSA) is 70.2 Å². The van der Waals surface area contributed by atoms with Crippen molar-refractivity contribution in [1.82, 2.24) is 20.2 Å². The van der Waals surface area contributed by atoms with Gasteiger partial charge >= 0.3 is 0 Å². The van der Waals surface area contributed by atoms with E-state index in [4.69, 9.17) is 4.74 Å². The SMILES string of the molecule is COc1ccc(F)cc1-c1ccnc2[nH]c(C3=CCN(CC(=O)NC4CC(F)C4)CC3)cc12. The Labute approximate surface area is 190 Å². The summed E-state index contributed by atoms with van der Waals surface area (Å²) in [6, 6.07) is 8.36. The minimum atomic E-state index is -0.774. The van der Waals surface area contributed by atoms with Gasteiger partial charge < -0.3 is 15.0 Å². The van der Waals surface area contributed by atoms with Crippen LogP contribution >= 0.6 is 0 Å². The van der Waals surface area contributed by atoms with Gasteiger partial charge in [0, 0.05) is 42.0 Å². The van der Waals surface area contributed by atoms with E-state index in [1.807, 2.05) is 12.1 Å². The molecule has 0 spiro atoms. The fourth-order valence-electron chi connectivity index (χ4n) is 4.57. The van der Waals surface area contributed by atoms with Gasteiger partial charge in [-0.05, 0) is 60.7 Å². The number of ether oxygens (including phenoxy) is 1. The van der Waals surface area contributed by atoms with E-state index in [0.29, 0.717) is 37.2 Å². The second kappa shape index (κ2) is 8.94. The molecule has 1 amide bonds. The van der Waals surface area contributed by atoms with Gasteiger partial charge in [-0.3, -0.25) is 9.69 Å². The lowest BCUT2D eigenvalue weighted by Crippen LogP contribution is -2.49. The number of methoxy groups -OCH3 is 1. The van der Waals surface area contributed by atoms with Gasteiger partial charge in [-0.15, -0.1) is 0 Å². The molecule has 33 heavy (non-hydrogen) atoms.